The van der Waals surface area contributed by atoms with Crippen molar-refractivity contribution in [1.29, 1.82) is 0 Å². The number of nitrogen functional groups attached to an aromatic ring is 1. The van der Waals surface area contributed by atoms with Gasteiger partial charge in [0.2, 0.25) is 0 Å². The van der Waals surface area contributed by atoms with Gasteiger partial charge < -0.3 is 5.73 Å². The van der Waals surface area contributed by atoms with Gasteiger partial charge in [0.05, 0.1) is 10.7 Å². The van der Waals surface area contributed by atoms with E-state index in [1.165, 1.54) is 24.3 Å². The first-order valence-corrected chi connectivity index (χ1v) is 6.21. The highest BCUT2D eigenvalue weighted by atomic mass is 79.9. The molecular weight excluding hydrogens is 321 g/mol. The van der Waals surface area contributed by atoms with Crippen molar-refractivity contribution in [2.45, 2.75) is 0 Å². The van der Waals surface area contributed by atoms with Crippen LogP contribution in [-0.2, 0) is 0 Å². The van der Waals surface area contributed by atoms with Crippen LogP contribution in [0, 0.1) is 5.82 Å². The first-order chi connectivity index (χ1) is 8.49. The molecule has 0 aliphatic rings. The summed E-state index contributed by atoms with van der Waals surface area (Å²) in [6.45, 7) is 0. The molecule has 0 radical (unpaired) electrons. The lowest BCUT2D eigenvalue weighted by Gasteiger charge is -2.05. The summed E-state index contributed by atoms with van der Waals surface area (Å²) in [7, 11) is 0. The molecule has 0 saturated heterocycles. The van der Waals surface area contributed by atoms with Gasteiger partial charge in [0.1, 0.15) is 5.82 Å². The average Bonchev–Trinajstić information content (AvgIpc) is 2.32. The second kappa shape index (κ2) is 5.08. The van der Waals surface area contributed by atoms with Crippen LogP contribution in [0.1, 0.15) is 15.9 Å². The fraction of sp³-hybridized carbons (Fsp3) is 0. The smallest absolute Gasteiger partial charge is 0.194 e. The Labute approximate surface area is 117 Å². The Kier molecular flexibility index (Phi) is 3.68. The number of ketones is 1. The Morgan fingerprint density at radius 1 is 1.22 bits per heavy atom. The van der Waals surface area contributed by atoms with Crippen LogP contribution in [0.3, 0.4) is 0 Å². The van der Waals surface area contributed by atoms with Crippen molar-refractivity contribution >= 4 is 39.0 Å². The highest BCUT2D eigenvalue weighted by Crippen LogP contribution is 2.25. The number of benzene rings is 2. The number of halogens is 3. The second-order valence-corrected chi connectivity index (χ2v) is 4.95. The highest BCUT2D eigenvalue weighted by Gasteiger charge is 2.14. The maximum atomic E-state index is 13.0. The molecule has 2 aromatic carbocycles. The molecule has 5 heteroatoms. The van der Waals surface area contributed by atoms with Crippen molar-refractivity contribution in [2.75, 3.05) is 5.73 Å². The topological polar surface area (TPSA) is 43.1 Å². The molecular formula is C13H8BrClFNO. The number of carbonyl (C=O) groups excluding carboxylic acids is 1. The first kappa shape index (κ1) is 13.1. The molecule has 0 unspecified atom stereocenters. The van der Waals surface area contributed by atoms with E-state index in [1.807, 2.05) is 0 Å². The number of hydrogen-bond donors (Lipinski definition) is 1. The van der Waals surface area contributed by atoms with Crippen molar-refractivity contribution in [3.05, 3.63) is 62.8 Å². The fourth-order valence-corrected chi connectivity index (χ4v) is 2.21. The van der Waals surface area contributed by atoms with Crippen LogP contribution in [0.25, 0.3) is 0 Å². The van der Waals surface area contributed by atoms with Crippen LogP contribution in [0.15, 0.2) is 40.9 Å². The van der Waals surface area contributed by atoms with Gasteiger partial charge in [-0.2, -0.15) is 0 Å². The van der Waals surface area contributed by atoms with Gasteiger partial charge in [0.25, 0.3) is 0 Å². The van der Waals surface area contributed by atoms with Gasteiger partial charge in [0.15, 0.2) is 5.78 Å². The van der Waals surface area contributed by atoms with E-state index in [0.717, 1.165) is 0 Å². The molecule has 0 fully saturated rings. The monoisotopic (exact) mass is 327 g/mol. The molecule has 0 saturated carbocycles. The summed E-state index contributed by atoms with van der Waals surface area (Å²) in [6.07, 6.45) is 0. The van der Waals surface area contributed by atoms with Crippen molar-refractivity contribution in [3.8, 4) is 0 Å². The average molecular weight is 329 g/mol. The largest absolute Gasteiger partial charge is 0.398 e. The highest BCUT2D eigenvalue weighted by molar-refractivity contribution is 9.10. The molecule has 0 aliphatic heterocycles. The second-order valence-electron chi connectivity index (χ2n) is 3.69. The standard InChI is InChI=1S/C13H8BrClFNO/c14-10-6-8(16)2-3-9(10)13(18)7-1-4-12(17)11(15)5-7/h1-6H,17H2. The minimum absolute atomic E-state index is 0.247. The summed E-state index contributed by atoms with van der Waals surface area (Å²) in [5, 5.41) is 0.319. The number of hydrogen-bond acceptors (Lipinski definition) is 2. The Balaban J connectivity index is 2.44. The van der Waals surface area contributed by atoms with Crippen LogP contribution in [0.2, 0.25) is 5.02 Å². The van der Waals surface area contributed by atoms with Crippen LogP contribution in [0.5, 0.6) is 0 Å². The zero-order valence-electron chi connectivity index (χ0n) is 9.08. The quantitative estimate of drug-likeness (QED) is 0.667. The lowest BCUT2D eigenvalue weighted by Crippen LogP contribution is -2.03. The summed E-state index contributed by atoms with van der Waals surface area (Å²) in [4.78, 5) is 12.2. The first-order valence-electron chi connectivity index (χ1n) is 5.04. The number of rotatable bonds is 2. The van der Waals surface area contributed by atoms with Gasteiger partial charge >= 0.3 is 0 Å². The van der Waals surface area contributed by atoms with E-state index in [4.69, 9.17) is 17.3 Å². The molecule has 0 heterocycles. The van der Waals surface area contributed by atoms with Gasteiger partial charge in [0, 0.05) is 15.6 Å². The summed E-state index contributed by atoms with van der Waals surface area (Å²) in [5.74, 6) is -0.655. The Morgan fingerprint density at radius 3 is 2.56 bits per heavy atom. The normalized spacial score (nSPS) is 10.4. The van der Waals surface area contributed by atoms with Crippen LogP contribution in [-0.4, -0.2) is 5.78 Å². The van der Waals surface area contributed by atoms with Gasteiger partial charge in [-0.25, -0.2) is 4.39 Å². The summed E-state index contributed by atoms with van der Waals surface area (Å²) in [6, 6.07) is 8.54. The minimum atomic E-state index is -0.409. The Bertz CT molecular complexity index is 630. The number of carbonyl (C=O) groups is 1. The van der Waals surface area contributed by atoms with Gasteiger partial charge in [-0.3, -0.25) is 4.79 Å². The number of anilines is 1. The van der Waals surface area contributed by atoms with Crippen molar-refractivity contribution in [2.24, 2.45) is 0 Å². The molecule has 18 heavy (non-hydrogen) atoms. The third-order valence-electron chi connectivity index (χ3n) is 2.44. The van der Waals surface area contributed by atoms with Gasteiger partial charge in [-0.15, -0.1) is 0 Å². The third kappa shape index (κ3) is 2.54. The van der Waals surface area contributed by atoms with Gasteiger partial charge in [-0.05, 0) is 52.3 Å². The number of nitrogens with two attached hydrogens (primary N) is 1. The minimum Gasteiger partial charge on any atom is -0.398 e. The molecule has 0 atom stereocenters. The van der Waals surface area contributed by atoms with E-state index in [-0.39, 0.29) is 5.78 Å². The molecule has 2 N–H and O–H groups in total. The molecule has 0 bridgehead atoms. The molecule has 0 aromatic heterocycles. The van der Waals surface area contributed by atoms with E-state index < -0.39 is 5.82 Å². The predicted molar refractivity (Wildman–Crippen MR) is 73.4 cm³/mol. The van der Waals surface area contributed by atoms with Gasteiger partial charge in [-0.1, -0.05) is 11.6 Å². The van der Waals surface area contributed by atoms with Crippen LogP contribution >= 0.6 is 27.5 Å². The fourth-order valence-electron chi connectivity index (χ4n) is 1.50. The Morgan fingerprint density at radius 2 is 1.94 bits per heavy atom. The summed E-state index contributed by atoms with van der Waals surface area (Å²) < 4.78 is 13.4. The molecule has 2 rings (SSSR count). The summed E-state index contributed by atoms with van der Waals surface area (Å²) in [5.41, 5.74) is 6.76. The van der Waals surface area contributed by atoms with E-state index in [9.17, 15) is 9.18 Å². The molecule has 92 valence electrons. The molecule has 0 aliphatic carbocycles. The van der Waals surface area contributed by atoms with E-state index in [2.05, 4.69) is 15.9 Å². The van der Waals surface area contributed by atoms with E-state index >= 15 is 0 Å². The summed E-state index contributed by atoms with van der Waals surface area (Å²) >= 11 is 9.02. The van der Waals surface area contributed by atoms with Crippen molar-refractivity contribution < 1.29 is 9.18 Å². The van der Waals surface area contributed by atoms with Crippen LogP contribution in [0.4, 0.5) is 10.1 Å². The lowest BCUT2D eigenvalue weighted by molar-refractivity contribution is 0.103. The SMILES string of the molecule is Nc1ccc(C(=O)c2ccc(F)cc2Br)cc1Cl. The maximum Gasteiger partial charge on any atom is 0.194 e. The lowest BCUT2D eigenvalue weighted by atomic mass is 10.0. The zero-order chi connectivity index (χ0) is 13.3. The van der Waals surface area contributed by atoms with Crippen molar-refractivity contribution in [1.82, 2.24) is 0 Å². The Hall–Kier alpha value is -1.39. The van der Waals surface area contributed by atoms with E-state index in [1.54, 1.807) is 12.1 Å². The molecule has 2 nitrogen and oxygen atoms in total. The predicted octanol–water partition coefficient (Wildman–Crippen LogP) is 4.05. The van der Waals surface area contributed by atoms with Crippen molar-refractivity contribution in [3.63, 3.8) is 0 Å². The third-order valence-corrected chi connectivity index (χ3v) is 3.42. The maximum absolute atomic E-state index is 13.0. The zero-order valence-corrected chi connectivity index (χ0v) is 11.4. The molecule has 0 amide bonds. The van der Waals surface area contributed by atoms with E-state index in [0.29, 0.717) is 26.3 Å². The molecule has 0 spiro atoms. The molecule has 2 aromatic rings. The van der Waals surface area contributed by atoms with Crippen LogP contribution < -0.4 is 5.73 Å².